The number of benzene rings is 2. The monoisotopic (exact) mass is 663 g/mol. The van der Waals surface area contributed by atoms with Crippen LogP contribution >= 0.6 is 0 Å². The maximum atomic E-state index is 14.8. The van der Waals surface area contributed by atoms with E-state index in [1.165, 1.54) is 37.4 Å². The third-order valence-corrected chi connectivity index (χ3v) is 7.87. The fourth-order valence-electron chi connectivity index (χ4n) is 4.96. The molecule has 2 heterocycles. The molecule has 2 aromatic carbocycles. The summed E-state index contributed by atoms with van der Waals surface area (Å²) < 4.78 is 79.9. The summed E-state index contributed by atoms with van der Waals surface area (Å²) in [6, 6.07) is 9.69. The van der Waals surface area contributed by atoms with E-state index in [-0.39, 0.29) is 72.1 Å². The number of rotatable bonds is 12. The number of halogens is 4. The highest BCUT2D eigenvalue weighted by molar-refractivity contribution is 5.95. The number of aliphatic hydroxyl groups is 2. The van der Waals surface area contributed by atoms with E-state index >= 15 is 0 Å². The van der Waals surface area contributed by atoms with Crippen molar-refractivity contribution in [3.05, 3.63) is 71.2 Å². The smallest absolute Gasteiger partial charge is 0.424 e. The van der Waals surface area contributed by atoms with Crippen molar-refractivity contribution in [2.24, 2.45) is 0 Å². The van der Waals surface area contributed by atoms with E-state index in [0.29, 0.717) is 0 Å². The summed E-state index contributed by atoms with van der Waals surface area (Å²) in [5.74, 6) is -1.20. The molecule has 4 N–H and O–H groups in total. The summed E-state index contributed by atoms with van der Waals surface area (Å²) in [7, 11) is 1.30. The average Bonchev–Trinajstić information content (AvgIpc) is 3.80. The van der Waals surface area contributed by atoms with Gasteiger partial charge in [-0.15, -0.1) is 0 Å². The highest BCUT2D eigenvalue weighted by atomic mass is 19.4. The van der Waals surface area contributed by atoms with E-state index in [0.717, 1.165) is 31.0 Å². The maximum Gasteiger partial charge on any atom is 0.424 e. The number of methoxy groups -OCH3 is 1. The molecule has 11 nitrogen and oxygen atoms in total. The molecule has 5 rings (SSSR count). The molecule has 0 saturated heterocycles. The van der Waals surface area contributed by atoms with Crippen LogP contribution in [0.3, 0.4) is 0 Å². The number of aromatic nitrogens is 1. The van der Waals surface area contributed by atoms with Gasteiger partial charge >= 0.3 is 12.3 Å². The van der Waals surface area contributed by atoms with Crippen LogP contribution < -0.4 is 24.8 Å². The largest absolute Gasteiger partial charge is 0.493 e. The summed E-state index contributed by atoms with van der Waals surface area (Å²) >= 11 is 0. The van der Waals surface area contributed by atoms with Crippen LogP contribution in [0.4, 0.5) is 22.4 Å². The molecule has 1 aromatic heterocycles. The predicted octanol–water partition coefficient (Wildman–Crippen LogP) is 3.99. The number of hydrogen-bond acceptors (Lipinski definition) is 9. The topological polar surface area (TPSA) is 148 Å². The van der Waals surface area contributed by atoms with Crippen LogP contribution in [0.1, 0.15) is 41.4 Å². The van der Waals surface area contributed by atoms with Gasteiger partial charge in [0, 0.05) is 22.7 Å². The lowest BCUT2D eigenvalue weighted by atomic mass is 9.83. The van der Waals surface area contributed by atoms with Crippen molar-refractivity contribution >= 4 is 12.0 Å². The van der Waals surface area contributed by atoms with Crippen molar-refractivity contribution in [2.75, 3.05) is 40.1 Å². The zero-order valence-electron chi connectivity index (χ0n) is 25.4. The van der Waals surface area contributed by atoms with Gasteiger partial charge in [0.1, 0.15) is 37.1 Å². The molecule has 1 saturated carbocycles. The normalized spacial score (nSPS) is 18.4. The predicted molar refractivity (Wildman–Crippen MR) is 158 cm³/mol. The van der Waals surface area contributed by atoms with Gasteiger partial charge in [0.15, 0.2) is 11.5 Å². The molecule has 0 spiro atoms. The van der Waals surface area contributed by atoms with Crippen LogP contribution in [0, 0.1) is 5.82 Å². The van der Waals surface area contributed by atoms with Crippen LogP contribution in [0.25, 0.3) is 11.3 Å². The molecule has 47 heavy (non-hydrogen) atoms. The summed E-state index contributed by atoms with van der Waals surface area (Å²) in [5, 5.41) is 25.1. The number of carbonyl (C=O) groups is 2. The van der Waals surface area contributed by atoms with Gasteiger partial charge in [-0.05, 0) is 68.3 Å². The first-order valence-electron chi connectivity index (χ1n) is 14.6. The average molecular weight is 664 g/mol. The molecule has 2 aliphatic rings. The summed E-state index contributed by atoms with van der Waals surface area (Å²) in [6.45, 7) is -0.428. The number of hydrogen-bond donors (Lipinski definition) is 4. The second-order valence-electron chi connectivity index (χ2n) is 11.6. The minimum absolute atomic E-state index is 0.0129. The van der Waals surface area contributed by atoms with Crippen molar-refractivity contribution in [1.82, 2.24) is 15.6 Å². The standard InChI is InChI=1S/C32H33F4N3O8/c1-30(17-47-29(42)38-21-8-9-21)16-46-27-22(30)14-25(39-26(27)18-3-6-20(33)7-4-18)31(43,32(34,35)36)15-37-28(41)19-5-10-23(45-12-11-40)24(13-19)44-2/h3-7,10,13-14,21,40,43H,8-9,11-12,15-17H2,1-2H3,(H,37,41)(H,38,42)/t30-,31?/m1/s1. The molecule has 3 aromatic rings. The molecular formula is C32H33F4N3O8. The summed E-state index contributed by atoms with van der Waals surface area (Å²) in [6.07, 6.45) is -4.40. The first-order valence-corrected chi connectivity index (χ1v) is 14.6. The van der Waals surface area contributed by atoms with Gasteiger partial charge in [-0.2, -0.15) is 13.2 Å². The van der Waals surface area contributed by atoms with Crippen molar-refractivity contribution in [3.8, 4) is 28.5 Å². The van der Waals surface area contributed by atoms with Crippen LogP contribution in [0.15, 0.2) is 48.5 Å². The zero-order chi connectivity index (χ0) is 34.0. The number of aliphatic hydroxyl groups excluding tert-OH is 1. The first-order chi connectivity index (χ1) is 22.3. The van der Waals surface area contributed by atoms with E-state index in [1.54, 1.807) is 6.92 Å². The fourth-order valence-corrected chi connectivity index (χ4v) is 4.96. The second-order valence-corrected chi connectivity index (χ2v) is 11.6. The number of ether oxygens (including phenoxy) is 4. The first kappa shape index (κ1) is 33.7. The number of carbonyl (C=O) groups excluding carboxylic acids is 2. The Morgan fingerprint density at radius 2 is 1.83 bits per heavy atom. The number of nitrogens with one attached hydrogen (secondary N) is 2. The van der Waals surface area contributed by atoms with Crippen molar-refractivity contribution in [3.63, 3.8) is 0 Å². The Bertz CT molecular complexity index is 1630. The zero-order valence-corrected chi connectivity index (χ0v) is 25.4. The van der Waals surface area contributed by atoms with Gasteiger partial charge in [0.25, 0.3) is 5.91 Å². The Balaban J connectivity index is 1.50. The highest BCUT2D eigenvalue weighted by Crippen LogP contribution is 2.48. The Morgan fingerprint density at radius 3 is 2.47 bits per heavy atom. The van der Waals surface area contributed by atoms with E-state index in [2.05, 4.69) is 15.6 Å². The lowest BCUT2D eigenvalue weighted by Gasteiger charge is -2.32. The molecular weight excluding hydrogens is 630 g/mol. The SMILES string of the molecule is COc1cc(C(=O)NCC(O)(c2cc3c(c(-c4ccc(F)cc4)n2)OC[C@]3(C)COC(=O)NC2CC2)C(F)(F)F)ccc1OCCO. The molecule has 1 unspecified atom stereocenters. The van der Waals surface area contributed by atoms with Crippen molar-refractivity contribution < 1.29 is 56.3 Å². The molecule has 1 aliphatic heterocycles. The molecule has 2 atom stereocenters. The lowest BCUT2D eigenvalue weighted by molar-refractivity contribution is -0.265. The van der Waals surface area contributed by atoms with Gasteiger partial charge in [0.2, 0.25) is 5.60 Å². The highest BCUT2D eigenvalue weighted by Gasteiger charge is 2.57. The van der Waals surface area contributed by atoms with Gasteiger partial charge in [-0.1, -0.05) is 0 Å². The summed E-state index contributed by atoms with van der Waals surface area (Å²) in [4.78, 5) is 29.5. The van der Waals surface area contributed by atoms with Gasteiger partial charge in [-0.25, -0.2) is 14.2 Å². The van der Waals surface area contributed by atoms with E-state index in [1.807, 2.05) is 0 Å². The number of nitrogens with zero attached hydrogens (tertiary/aromatic N) is 1. The fraction of sp³-hybridized carbons (Fsp3) is 0.406. The minimum Gasteiger partial charge on any atom is -0.493 e. The Morgan fingerprint density at radius 1 is 1.11 bits per heavy atom. The third kappa shape index (κ3) is 7.20. The molecule has 252 valence electrons. The molecule has 1 fully saturated rings. The van der Waals surface area contributed by atoms with Gasteiger partial charge in [-0.3, -0.25) is 4.79 Å². The van der Waals surface area contributed by atoms with E-state index in [4.69, 9.17) is 24.1 Å². The van der Waals surface area contributed by atoms with Crippen molar-refractivity contribution in [2.45, 2.75) is 43.0 Å². The van der Waals surface area contributed by atoms with E-state index < -0.39 is 47.2 Å². The number of amides is 2. The lowest BCUT2D eigenvalue weighted by Crippen LogP contribution is -2.51. The van der Waals surface area contributed by atoms with E-state index in [9.17, 15) is 32.3 Å². The Labute approximate surface area is 266 Å². The van der Waals surface area contributed by atoms with Crippen LogP contribution in [0.5, 0.6) is 17.2 Å². The van der Waals surface area contributed by atoms with Crippen LogP contribution in [-0.2, 0) is 15.8 Å². The summed E-state index contributed by atoms with van der Waals surface area (Å²) in [5.41, 5.74) is -5.58. The number of alkyl halides is 3. The van der Waals surface area contributed by atoms with Crippen LogP contribution in [0.2, 0.25) is 0 Å². The molecule has 15 heteroatoms. The molecule has 0 bridgehead atoms. The number of alkyl carbamates (subject to hydrolysis) is 1. The maximum absolute atomic E-state index is 14.8. The number of fused-ring (bicyclic) bond motifs is 1. The molecule has 2 amide bonds. The quantitative estimate of drug-likeness (QED) is 0.211. The van der Waals surface area contributed by atoms with Crippen molar-refractivity contribution in [1.29, 1.82) is 0 Å². The third-order valence-electron chi connectivity index (χ3n) is 7.87. The second kappa shape index (κ2) is 13.2. The Hall–Kier alpha value is -4.63. The van der Waals surface area contributed by atoms with Crippen LogP contribution in [-0.4, -0.2) is 79.5 Å². The molecule has 1 aliphatic carbocycles. The molecule has 0 radical (unpaired) electrons. The van der Waals surface area contributed by atoms with Gasteiger partial charge < -0.3 is 39.8 Å². The van der Waals surface area contributed by atoms with Gasteiger partial charge in [0.05, 0.1) is 31.4 Å². The number of pyridine rings is 1. The minimum atomic E-state index is -5.35. The Kier molecular flexibility index (Phi) is 9.50.